The Kier molecular flexibility index (Phi) is 5.40. The average molecular weight is 494 g/mol. The maximum atomic E-state index is 13.6. The molecule has 1 fully saturated rings. The van der Waals surface area contributed by atoms with Gasteiger partial charge < -0.3 is 14.4 Å². The molecular formula is C27H31N3O4S. The Bertz CT molecular complexity index is 1390. The van der Waals surface area contributed by atoms with E-state index in [1.807, 2.05) is 18.7 Å². The van der Waals surface area contributed by atoms with E-state index in [1.54, 1.807) is 22.2 Å². The van der Waals surface area contributed by atoms with Crippen molar-refractivity contribution in [1.82, 2.24) is 14.5 Å². The third-order valence-electron chi connectivity index (χ3n) is 8.28. The van der Waals surface area contributed by atoms with Crippen LogP contribution in [-0.4, -0.2) is 40.1 Å². The lowest BCUT2D eigenvalue weighted by Gasteiger charge is -2.46. The zero-order valence-corrected chi connectivity index (χ0v) is 21.4. The predicted molar refractivity (Wildman–Crippen MR) is 136 cm³/mol. The number of carbonyl (C=O) groups is 1. The molecule has 1 atom stereocenters. The number of thiophene rings is 1. The molecule has 35 heavy (non-hydrogen) atoms. The summed E-state index contributed by atoms with van der Waals surface area (Å²) in [5.41, 5.74) is 3.39. The molecule has 2 aromatic heterocycles. The van der Waals surface area contributed by atoms with Crippen molar-refractivity contribution in [3.63, 3.8) is 0 Å². The number of aromatic nitrogens is 2. The quantitative estimate of drug-likeness (QED) is 0.531. The molecule has 0 bridgehead atoms. The Hall–Kier alpha value is -2.87. The molecule has 1 unspecified atom stereocenters. The van der Waals surface area contributed by atoms with Gasteiger partial charge in [0.25, 0.3) is 5.56 Å². The molecule has 6 rings (SSSR count). The van der Waals surface area contributed by atoms with E-state index in [-0.39, 0.29) is 29.3 Å². The summed E-state index contributed by atoms with van der Waals surface area (Å²) < 4.78 is 13.4. The van der Waals surface area contributed by atoms with Crippen LogP contribution in [0.15, 0.2) is 23.3 Å². The summed E-state index contributed by atoms with van der Waals surface area (Å²) in [4.78, 5) is 35.1. The molecule has 3 aliphatic rings. The van der Waals surface area contributed by atoms with Crippen molar-refractivity contribution >= 4 is 27.5 Å². The van der Waals surface area contributed by atoms with E-state index < -0.39 is 0 Å². The summed E-state index contributed by atoms with van der Waals surface area (Å²) >= 11 is 1.54. The van der Waals surface area contributed by atoms with Crippen LogP contribution in [0.5, 0.6) is 11.5 Å². The topological polar surface area (TPSA) is 73.7 Å². The lowest BCUT2D eigenvalue weighted by molar-refractivity contribution is -0.135. The van der Waals surface area contributed by atoms with Crippen LogP contribution in [0.3, 0.4) is 0 Å². The number of ether oxygens (including phenoxy) is 2. The predicted octanol–water partition coefficient (Wildman–Crippen LogP) is 4.65. The first-order chi connectivity index (χ1) is 16.9. The molecule has 3 aromatic rings. The lowest BCUT2D eigenvalue weighted by atomic mass is 9.71. The van der Waals surface area contributed by atoms with Gasteiger partial charge in [0, 0.05) is 29.8 Å². The summed E-state index contributed by atoms with van der Waals surface area (Å²) in [5.74, 6) is 1.68. The number of aryl methyl sites for hydroxylation is 3. The number of rotatable bonds is 3. The van der Waals surface area contributed by atoms with E-state index in [4.69, 9.17) is 9.47 Å². The second kappa shape index (κ2) is 8.36. The fourth-order valence-electron chi connectivity index (χ4n) is 6.20. The molecular weight excluding hydrogens is 462 g/mol. The van der Waals surface area contributed by atoms with Gasteiger partial charge in [-0.25, -0.2) is 4.98 Å². The highest BCUT2D eigenvalue weighted by atomic mass is 32.1. The molecule has 0 radical (unpaired) electrons. The molecule has 0 N–H and O–H groups in total. The number of hydrogen-bond acceptors (Lipinski definition) is 6. The maximum absolute atomic E-state index is 13.6. The standard InChI is InChI=1S/C27H31N3O4S/c1-16-18(3)35-25-24(16)26(32)29(15-28-25)9-6-23(31)30-14-27(7-4-5-8-27)20-13-22-21(33-10-11-34-22)12-19(20)17(30)2/h12-13,15,17H,4-11,14H2,1-3H3. The minimum atomic E-state index is -0.0577. The van der Waals surface area contributed by atoms with Gasteiger partial charge in [0.15, 0.2) is 11.5 Å². The van der Waals surface area contributed by atoms with Crippen molar-refractivity contribution in [2.24, 2.45) is 0 Å². The van der Waals surface area contributed by atoms with Gasteiger partial charge in [0.05, 0.1) is 17.8 Å². The van der Waals surface area contributed by atoms with Gasteiger partial charge in [-0.15, -0.1) is 11.3 Å². The monoisotopic (exact) mass is 493 g/mol. The fraction of sp³-hybridized carbons (Fsp3) is 0.519. The molecule has 1 saturated carbocycles. The van der Waals surface area contributed by atoms with Crippen LogP contribution in [0.1, 0.15) is 66.6 Å². The summed E-state index contributed by atoms with van der Waals surface area (Å²) in [7, 11) is 0. The van der Waals surface area contributed by atoms with Crippen LogP contribution < -0.4 is 15.0 Å². The molecule has 1 aromatic carbocycles. The minimum Gasteiger partial charge on any atom is -0.486 e. The van der Waals surface area contributed by atoms with Crippen LogP contribution in [0.25, 0.3) is 10.2 Å². The van der Waals surface area contributed by atoms with E-state index in [1.165, 1.54) is 24.0 Å². The Morgan fingerprint density at radius 1 is 1.17 bits per heavy atom. The van der Waals surface area contributed by atoms with Crippen LogP contribution >= 0.6 is 11.3 Å². The van der Waals surface area contributed by atoms with Gasteiger partial charge in [0.2, 0.25) is 5.91 Å². The summed E-state index contributed by atoms with van der Waals surface area (Å²) in [6.07, 6.45) is 6.36. The number of benzene rings is 1. The molecule has 0 saturated heterocycles. The third-order valence-corrected chi connectivity index (χ3v) is 9.39. The molecule has 1 aliphatic carbocycles. The first kappa shape index (κ1) is 22.6. The van der Waals surface area contributed by atoms with Crippen molar-refractivity contribution in [3.05, 3.63) is 50.4 Å². The number of nitrogens with zero attached hydrogens (tertiary/aromatic N) is 3. The van der Waals surface area contributed by atoms with E-state index in [0.717, 1.165) is 39.6 Å². The van der Waals surface area contributed by atoms with Crippen LogP contribution in [0.4, 0.5) is 0 Å². The van der Waals surface area contributed by atoms with E-state index >= 15 is 0 Å². The maximum Gasteiger partial charge on any atom is 0.262 e. The summed E-state index contributed by atoms with van der Waals surface area (Å²) in [6, 6.07) is 4.22. The highest BCUT2D eigenvalue weighted by Gasteiger charge is 2.46. The highest BCUT2D eigenvalue weighted by Crippen LogP contribution is 2.52. The summed E-state index contributed by atoms with van der Waals surface area (Å²) in [6.45, 7) is 8.25. The molecule has 2 aliphatic heterocycles. The number of carbonyl (C=O) groups excluding carboxylic acids is 1. The normalized spacial score (nSPS) is 20.4. The second-order valence-corrected chi connectivity index (χ2v) is 11.4. The van der Waals surface area contributed by atoms with E-state index in [2.05, 4.69) is 24.0 Å². The average Bonchev–Trinajstić information content (AvgIpc) is 3.45. The molecule has 184 valence electrons. The number of amides is 1. The fourth-order valence-corrected chi connectivity index (χ4v) is 7.19. The zero-order valence-electron chi connectivity index (χ0n) is 20.6. The molecule has 8 heteroatoms. The van der Waals surface area contributed by atoms with Gasteiger partial charge in [0.1, 0.15) is 18.0 Å². The number of fused-ring (bicyclic) bond motifs is 4. The lowest BCUT2D eigenvalue weighted by Crippen LogP contribution is -2.49. The first-order valence-electron chi connectivity index (χ1n) is 12.6. The Balaban J connectivity index is 1.29. The minimum absolute atomic E-state index is 0.0318. The second-order valence-electron chi connectivity index (χ2n) is 10.2. The van der Waals surface area contributed by atoms with Gasteiger partial charge in [-0.05, 0) is 62.4 Å². The van der Waals surface area contributed by atoms with Crippen molar-refractivity contribution in [2.45, 2.75) is 70.9 Å². The van der Waals surface area contributed by atoms with E-state index in [9.17, 15) is 9.59 Å². The van der Waals surface area contributed by atoms with Crippen molar-refractivity contribution in [3.8, 4) is 11.5 Å². The van der Waals surface area contributed by atoms with Gasteiger partial charge in [-0.1, -0.05) is 12.8 Å². The first-order valence-corrected chi connectivity index (χ1v) is 13.4. The molecule has 7 nitrogen and oxygen atoms in total. The van der Waals surface area contributed by atoms with Crippen LogP contribution in [0, 0.1) is 13.8 Å². The van der Waals surface area contributed by atoms with Crippen molar-refractivity contribution < 1.29 is 14.3 Å². The smallest absolute Gasteiger partial charge is 0.262 e. The van der Waals surface area contributed by atoms with Crippen LogP contribution in [0.2, 0.25) is 0 Å². The van der Waals surface area contributed by atoms with Gasteiger partial charge in [-0.2, -0.15) is 0 Å². The van der Waals surface area contributed by atoms with Crippen molar-refractivity contribution in [1.29, 1.82) is 0 Å². The van der Waals surface area contributed by atoms with Crippen molar-refractivity contribution in [2.75, 3.05) is 19.8 Å². The molecule has 4 heterocycles. The summed E-state index contributed by atoms with van der Waals surface area (Å²) in [5, 5.41) is 0.680. The Morgan fingerprint density at radius 3 is 2.63 bits per heavy atom. The van der Waals surface area contributed by atoms with E-state index in [0.29, 0.717) is 31.7 Å². The molecule has 1 amide bonds. The molecule has 1 spiro atoms. The highest BCUT2D eigenvalue weighted by molar-refractivity contribution is 7.18. The third kappa shape index (κ3) is 3.56. The van der Waals surface area contributed by atoms with Gasteiger partial charge in [-0.3, -0.25) is 14.2 Å². The largest absolute Gasteiger partial charge is 0.486 e. The Labute approximate surface area is 208 Å². The van der Waals surface area contributed by atoms with Crippen LogP contribution in [-0.2, 0) is 16.8 Å². The Morgan fingerprint density at radius 2 is 1.89 bits per heavy atom. The van der Waals surface area contributed by atoms with Gasteiger partial charge >= 0.3 is 0 Å². The zero-order chi connectivity index (χ0) is 24.3. The number of hydrogen-bond donors (Lipinski definition) is 0. The SMILES string of the molecule is Cc1sc2ncn(CCC(=O)N3CC4(CCCC4)c4cc5c(cc4C3C)OCCO5)c(=O)c2c1C.